The molecule has 7 heteroatoms. The Kier molecular flexibility index (Phi) is 14.6. The zero-order valence-electron chi connectivity index (χ0n) is 9.76. The Labute approximate surface area is 121 Å². The molecule has 0 radical (unpaired) electrons. The van der Waals surface area contributed by atoms with Crippen molar-refractivity contribution in [1.29, 1.82) is 0 Å². The van der Waals surface area contributed by atoms with Gasteiger partial charge in [-0.25, -0.2) is 0 Å². The normalized spacial score (nSPS) is 14.8. The van der Waals surface area contributed by atoms with Crippen LogP contribution in [-0.2, 0) is 0 Å². The first-order valence-electron chi connectivity index (χ1n) is 5.47. The zero-order chi connectivity index (χ0) is 12.9. The second kappa shape index (κ2) is 13.6. The van der Waals surface area contributed by atoms with Crippen molar-refractivity contribution in [1.82, 2.24) is 0 Å². The average molecular weight is 321 g/mol. The lowest BCUT2D eigenvalue weighted by molar-refractivity contribution is 0.225. The number of halogens is 1. The second-order valence-electron chi connectivity index (χ2n) is 3.35. The Balaban J connectivity index is 3.45. The van der Waals surface area contributed by atoms with Gasteiger partial charge in [0, 0.05) is 39.9 Å². The van der Waals surface area contributed by atoms with Crippen molar-refractivity contribution in [2.24, 2.45) is 0 Å². The van der Waals surface area contributed by atoms with Gasteiger partial charge in [-0.2, -0.15) is 35.3 Å². The molecule has 0 spiro atoms. The van der Waals surface area contributed by atoms with Crippen LogP contribution in [0, 0.1) is 0 Å². The number of hydrogen-bond donors (Lipinski definition) is 3. The molecule has 3 nitrogen and oxygen atoms in total. The molecule has 0 aromatic carbocycles. The van der Waals surface area contributed by atoms with Crippen LogP contribution in [0.2, 0.25) is 0 Å². The highest BCUT2D eigenvalue weighted by Crippen LogP contribution is 2.18. The number of rotatable bonds is 12. The summed E-state index contributed by atoms with van der Waals surface area (Å²) >= 11 is 10.5. The summed E-state index contributed by atoms with van der Waals surface area (Å²) in [6.45, 7) is 0.316. The van der Waals surface area contributed by atoms with E-state index in [1.54, 1.807) is 35.3 Å². The van der Waals surface area contributed by atoms with Crippen LogP contribution in [0.15, 0.2) is 0 Å². The lowest BCUT2D eigenvalue weighted by Gasteiger charge is -2.14. The van der Waals surface area contributed by atoms with E-state index in [1.807, 2.05) is 0 Å². The first-order chi connectivity index (χ1) is 8.24. The number of aliphatic hydroxyl groups is 3. The van der Waals surface area contributed by atoms with Crippen molar-refractivity contribution in [3.05, 3.63) is 0 Å². The van der Waals surface area contributed by atoms with Crippen LogP contribution >= 0.6 is 46.9 Å². The quantitative estimate of drug-likeness (QED) is 0.370. The molecule has 0 aromatic rings. The van der Waals surface area contributed by atoms with Crippen LogP contribution in [0.4, 0.5) is 0 Å². The Morgan fingerprint density at radius 2 is 1.71 bits per heavy atom. The van der Waals surface area contributed by atoms with Crippen molar-refractivity contribution in [2.75, 3.05) is 47.9 Å². The first-order valence-corrected chi connectivity index (χ1v) is 9.36. The predicted molar refractivity (Wildman–Crippen MR) is 81.8 cm³/mol. The Hall–Kier alpha value is 1.22. The Morgan fingerprint density at radius 3 is 2.29 bits per heavy atom. The molecule has 0 aliphatic heterocycles. The SMILES string of the molecule is OCCSCC(O)CSCC(CO)SCCCl. The fourth-order valence-corrected chi connectivity index (χ4v) is 4.23. The van der Waals surface area contributed by atoms with Crippen molar-refractivity contribution in [3.63, 3.8) is 0 Å². The zero-order valence-corrected chi connectivity index (χ0v) is 13.0. The highest BCUT2D eigenvalue weighted by atomic mass is 35.5. The van der Waals surface area contributed by atoms with Crippen molar-refractivity contribution in [3.8, 4) is 0 Å². The molecule has 0 amide bonds. The van der Waals surface area contributed by atoms with Gasteiger partial charge in [-0.3, -0.25) is 0 Å². The van der Waals surface area contributed by atoms with Gasteiger partial charge < -0.3 is 15.3 Å². The van der Waals surface area contributed by atoms with Gasteiger partial charge in [0.25, 0.3) is 0 Å². The summed E-state index contributed by atoms with van der Waals surface area (Å²) in [5.41, 5.74) is 0. The summed E-state index contributed by atoms with van der Waals surface area (Å²) in [5, 5.41) is 27.5. The third-order valence-electron chi connectivity index (χ3n) is 1.79. The maximum atomic E-state index is 9.62. The third-order valence-corrected chi connectivity index (χ3v) is 6.00. The van der Waals surface area contributed by atoms with E-state index in [0.29, 0.717) is 23.1 Å². The predicted octanol–water partition coefficient (Wildman–Crippen LogP) is 1.14. The summed E-state index contributed by atoms with van der Waals surface area (Å²) in [6.07, 6.45) is -0.339. The minimum Gasteiger partial charge on any atom is -0.396 e. The maximum Gasteiger partial charge on any atom is 0.0720 e. The van der Waals surface area contributed by atoms with Crippen LogP contribution in [0.3, 0.4) is 0 Å². The lowest BCUT2D eigenvalue weighted by atomic mass is 10.5. The summed E-state index contributed by atoms with van der Waals surface area (Å²) < 4.78 is 0. The molecule has 0 aliphatic carbocycles. The van der Waals surface area contributed by atoms with Crippen molar-refractivity contribution >= 4 is 46.9 Å². The summed E-state index contributed by atoms with van der Waals surface area (Å²) in [7, 11) is 0. The molecular formula is C10H21ClO3S3. The molecule has 104 valence electrons. The number of aliphatic hydroxyl groups excluding tert-OH is 3. The third kappa shape index (κ3) is 12.0. The molecule has 0 aliphatic rings. The minimum atomic E-state index is -0.339. The van der Waals surface area contributed by atoms with Crippen LogP contribution in [0.1, 0.15) is 0 Å². The fraction of sp³-hybridized carbons (Fsp3) is 1.00. The standard InChI is InChI=1S/C10H21ClO3S3/c11-1-3-17-10(5-13)8-16-7-9(14)6-15-4-2-12/h9-10,12-14H,1-8H2. The van der Waals surface area contributed by atoms with E-state index in [9.17, 15) is 5.11 Å². The van der Waals surface area contributed by atoms with Gasteiger partial charge >= 0.3 is 0 Å². The molecule has 0 heterocycles. The molecule has 17 heavy (non-hydrogen) atoms. The molecule has 2 atom stereocenters. The number of hydrogen-bond acceptors (Lipinski definition) is 6. The summed E-state index contributed by atoms with van der Waals surface area (Å²) in [5.74, 6) is 4.30. The summed E-state index contributed by atoms with van der Waals surface area (Å²) in [6, 6.07) is 0. The van der Waals surface area contributed by atoms with Gasteiger partial charge in [0.2, 0.25) is 0 Å². The Bertz CT molecular complexity index is 166. The largest absolute Gasteiger partial charge is 0.396 e. The molecule has 0 fully saturated rings. The average Bonchev–Trinajstić information content (AvgIpc) is 2.34. The lowest BCUT2D eigenvalue weighted by Crippen LogP contribution is -2.18. The van der Waals surface area contributed by atoms with E-state index in [1.165, 1.54) is 0 Å². The van der Waals surface area contributed by atoms with E-state index in [2.05, 4.69) is 0 Å². The highest BCUT2D eigenvalue weighted by molar-refractivity contribution is 8.03. The smallest absolute Gasteiger partial charge is 0.0720 e. The van der Waals surface area contributed by atoms with Gasteiger partial charge in [0.05, 0.1) is 19.3 Å². The monoisotopic (exact) mass is 320 g/mol. The molecule has 0 rings (SSSR count). The van der Waals surface area contributed by atoms with Gasteiger partial charge in [-0.15, -0.1) is 11.6 Å². The van der Waals surface area contributed by atoms with Crippen LogP contribution in [0.25, 0.3) is 0 Å². The van der Waals surface area contributed by atoms with Crippen molar-refractivity contribution < 1.29 is 15.3 Å². The topological polar surface area (TPSA) is 60.7 Å². The van der Waals surface area contributed by atoms with Gasteiger partial charge in [-0.05, 0) is 0 Å². The van der Waals surface area contributed by atoms with Crippen LogP contribution < -0.4 is 0 Å². The molecule has 0 saturated heterocycles. The van der Waals surface area contributed by atoms with Crippen LogP contribution in [0.5, 0.6) is 0 Å². The van der Waals surface area contributed by atoms with Gasteiger partial charge in [0.15, 0.2) is 0 Å². The summed E-state index contributed by atoms with van der Waals surface area (Å²) in [4.78, 5) is 0. The minimum absolute atomic E-state index is 0.157. The second-order valence-corrected chi connectivity index (χ2v) is 7.37. The molecule has 0 aromatic heterocycles. The van der Waals surface area contributed by atoms with Gasteiger partial charge in [-0.1, -0.05) is 0 Å². The van der Waals surface area contributed by atoms with Crippen LogP contribution in [-0.4, -0.2) is 74.5 Å². The van der Waals surface area contributed by atoms with E-state index in [4.69, 9.17) is 21.8 Å². The molecule has 2 unspecified atom stereocenters. The van der Waals surface area contributed by atoms with E-state index < -0.39 is 0 Å². The molecule has 0 bridgehead atoms. The Morgan fingerprint density at radius 1 is 1.00 bits per heavy atom. The number of thioether (sulfide) groups is 3. The molecule has 0 saturated carbocycles. The first kappa shape index (κ1) is 18.2. The molecular weight excluding hydrogens is 300 g/mol. The van der Waals surface area contributed by atoms with E-state index in [0.717, 1.165) is 11.5 Å². The van der Waals surface area contributed by atoms with Gasteiger partial charge in [0.1, 0.15) is 0 Å². The highest BCUT2D eigenvalue weighted by Gasteiger charge is 2.10. The number of alkyl halides is 1. The fourth-order valence-electron chi connectivity index (χ4n) is 1.03. The van der Waals surface area contributed by atoms with E-state index >= 15 is 0 Å². The van der Waals surface area contributed by atoms with Crippen molar-refractivity contribution in [2.45, 2.75) is 11.4 Å². The maximum absolute atomic E-state index is 9.62. The van der Waals surface area contributed by atoms with E-state index in [-0.39, 0.29) is 24.6 Å². The molecule has 3 N–H and O–H groups in total.